The molecule has 0 radical (unpaired) electrons. The Morgan fingerprint density at radius 1 is 1.06 bits per heavy atom. The lowest BCUT2D eigenvalue weighted by molar-refractivity contribution is 0.774. The molecule has 0 amide bonds. The van der Waals surface area contributed by atoms with Crippen molar-refractivity contribution in [3.8, 4) is 0 Å². The Bertz CT molecular complexity index is 463. The van der Waals surface area contributed by atoms with E-state index in [1.807, 2.05) is 0 Å². The normalized spacial score (nSPS) is 10.6. The van der Waals surface area contributed by atoms with Crippen LogP contribution < -0.4 is 4.90 Å². The van der Waals surface area contributed by atoms with E-state index in [2.05, 4.69) is 59.9 Å². The van der Waals surface area contributed by atoms with Gasteiger partial charge in [0.2, 0.25) is 0 Å². The van der Waals surface area contributed by atoms with Gasteiger partial charge in [-0.25, -0.2) is 4.98 Å². The van der Waals surface area contributed by atoms with Crippen molar-refractivity contribution < 1.29 is 0 Å². The van der Waals surface area contributed by atoms with Gasteiger partial charge in [-0.3, -0.25) is 4.98 Å². The number of anilines is 2. The summed E-state index contributed by atoms with van der Waals surface area (Å²) in [5, 5.41) is 0. The Hall–Kier alpha value is -1.90. The minimum Gasteiger partial charge on any atom is -0.323 e. The number of aryl methyl sites for hydroxylation is 1. The van der Waals surface area contributed by atoms with Crippen molar-refractivity contribution in [2.45, 2.75) is 26.8 Å². The summed E-state index contributed by atoms with van der Waals surface area (Å²) < 4.78 is 0. The first-order chi connectivity index (χ1) is 8.18. The first-order valence-electron chi connectivity index (χ1n) is 5.80. The van der Waals surface area contributed by atoms with E-state index in [0.29, 0.717) is 6.04 Å². The Morgan fingerprint density at radius 3 is 2.29 bits per heavy atom. The topological polar surface area (TPSA) is 29.0 Å². The molecule has 0 aliphatic rings. The van der Waals surface area contributed by atoms with Gasteiger partial charge in [0.1, 0.15) is 0 Å². The van der Waals surface area contributed by atoms with E-state index >= 15 is 0 Å². The first-order valence-corrected chi connectivity index (χ1v) is 5.80. The highest BCUT2D eigenvalue weighted by Gasteiger charge is 2.13. The molecule has 2 rings (SSSR count). The van der Waals surface area contributed by atoms with Crippen LogP contribution in [0.25, 0.3) is 0 Å². The summed E-state index contributed by atoms with van der Waals surface area (Å²) >= 11 is 0. The monoisotopic (exact) mass is 227 g/mol. The van der Waals surface area contributed by atoms with E-state index in [1.165, 1.54) is 5.56 Å². The highest BCUT2D eigenvalue weighted by molar-refractivity contribution is 5.60. The molecule has 17 heavy (non-hydrogen) atoms. The summed E-state index contributed by atoms with van der Waals surface area (Å²) in [7, 11) is 0. The lowest BCUT2D eigenvalue weighted by atomic mass is 10.2. The number of rotatable bonds is 3. The summed E-state index contributed by atoms with van der Waals surface area (Å²) in [4.78, 5) is 10.7. The molecule has 0 aliphatic heterocycles. The van der Waals surface area contributed by atoms with E-state index < -0.39 is 0 Å². The van der Waals surface area contributed by atoms with Crippen LogP contribution in [-0.4, -0.2) is 16.0 Å². The maximum absolute atomic E-state index is 4.36. The second kappa shape index (κ2) is 4.95. The maximum atomic E-state index is 4.36. The third-order valence-electron chi connectivity index (χ3n) is 2.62. The van der Waals surface area contributed by atoms with Crippen molar-refractivity contribution in [3.63, 3.8) is 0 Å². The van der Waals surface area contributed by atoms with E-state index in [1.54, 1.807) is 18.6 Å². The molecule has 0 aliphatic carbocycles. The van der Waals surface area contributed by atoms with Gasteiger partial charge in [0, 0.05) is 24.1 Å². The fourth-order valence-electron chi connectivity index (χ4n) is 1.82. The lowest BCUT2D eigenvalue weighted by Crippen LogP contribution is -2.26. The van der Waals surface area contributed by atoms with Crippen LogP contribution in [0.3, 0.4) is 0 Å². The summed E-state index contributed by atoms with van der Waals surface area (Å²) in [6.07, 6.45) is 5.20. The van der Waals surface area contributed by atoms with Crippen molar-refractivity contribution in [1.29, 1.82) is 0 Å². The molecule has 0 atom stereocenters. The fourth-order valence-corrected chi connectivity index (χ4v) is 1.82. The fraction of sp³-hybridized carbons (Fsp3) is 0.286. The minimum atomic E-state index is 0.342. The zero-order chi connectivity index (χ0) is 12.3. The molecular formula is C14H17N3. The summed E-state index contributed by atoms with van der Waals surface area (Å²) in [5.74, 6) is 0.881. The zero-order valence-electron chi connectivity index (χ0n) is 10.5. The standard InChI is InChI=1S/C14H17N3/c1-11(2)17(14-10-15-8-9-16-14)13-6-4-12(3)5-7-13/h4-11H,1-3H3. The van der Waals surface area contributed by atoms with Crippen LogP contribution in [0.15, 0.2) is 42.9 Å². The highest BCUT2D eigenvalue weighted by atomic mass is 15.2. The molecule has 0 fully saturated rings. The molecule has 1 heterocycles. The minimum absolute atomic E-state index is 0.342. The molecule has 0 N–H and O–H groups in total. The summed E-state index contributed by atoms with van der Waals surface area (Å²) in [6.45, 7) is 6.38. The quantitative estimate of drug-likeness (QED) is 0.805. The zero-order valence-corrected chi connectivity index (χ0v) is 10.5. The van der Waals surface area contributed by atoms with Crippen molar-refractivity contribution in [2.75, 3.05) is 4.90 Å². The summed E-state index contributed by atoms with van der Waals surface area (Å²) in [6, 6.07) is 8.80. The van der Waals surface area contributed by atoms with Crippen LogP contribution in [0, 0.1) is 6.92 Å². The third-order valence-corrected chi connectivity index (χ3v) is 2.62. The van der Waals surface area contributed by atoms with Gasteiger partial charge in [0.15, 0.2) is 5.82 Å². The second-order valence-electron chi connectivity index (χ2n) is 4.36. The van der Waals surface area contributed by atoms with Gasteiger partial charge in [-0.15, -0.1) is 0 Å². The van der Waals surface area contributed by atoms with E-state index in [9.17, 15) is 0 Å². The third kappa shape index (κ3) is 2.61. The van der Waals surface area contributed by atoms with Gasteiger partial charge in [-0.2, -0.15) is 0 Å². The van der Waals surface area contributed by atoms with Gasteiger partial charge in [-0.05, 0) is 32.9 Å². The maximum Gasteiger partial charge on any atom is 0.151 e. The highest BCUT2D eigenvalue weighted by Crippen LogP contribution is 2.25. The van der Waals surface area contributed by atoms with Crippen molar-refractivity contribution >= 4 is 11.5 Å². The predicted molar refractivity (Wildman–Crippen MR) is 70.5 cm³/mol. The lowest BCUT2D eigenvalue weighted by Gasteiger charge is -2.27. The predicted octanol–water partition coefficient (Wildman–Crippen LogP) is 3.33. The number of hydrogen-bond donors (Lipinski definition) is 0. The number of benzene rings is 1. The molecule has 1 aromatic heterocycles. The summed E-state index contributed by atoms with van der Waals surface area (Å²) in [5.41, 5.74) is 2.41. The van der Waals surface area contributed by atoms with Crippen molar-refractivity contribution in [2.24, 2.45) is 0 Å². The van der Waals surface area contributed by atoms with Crippen LogP contribution in [-0.2, 0) is 0 Å². The van der Waals surface area contributed by atoms with Crippen LogP contribution in [0.1, 0.15) is 19.4 Å². The Balaban J connectivity index is 2.39. The molecule has 0 spiro atoms. The molecule has 0 bridgehead atoms. The Morgan fingerprint density at radius 2 is 1.76 bits per heavy atom. The largest absolute Gasteiger partial charge is 0.323 e. The second-order valence-corrected chi connectivity index (χ2v) is 4.36. The average molecular weight is 227 g/mol. The van der Waals surface area contributed by atoms with E-state index in [4.69, 9.17) is 0 Å². The van der Waals surface area contributed by atoms with Crippen molar-refractivity contribution in [3.05, 3.63) is 48.4 Å². The number of hydrogen-bond acceptors (Lipinski definition) is 3. The van der Waals surface area contributed by atoms with E-state index in [0.717, 1.165) is 11.5 Å². The van der Waals surface area contributed by atoms with Gasteiger partial charge in [0.25, 0.3) is 0 Å². The van der Waals surface area contributed by atoms with Gasteiger partial charge < -0.3 is 4.90 Å². The van der Waals surface area contributed by atoms with Crippen LogP contribution >= 0.6 is 0 Å². The van der Waals surface area contributed by atoms with Gasteiger partial charge in [-0.1, -0.05) is 17.7 Å². The van der Waals surface area contributed by atoms with Crippen LogP contribution in [0.4, 0.5) is 11.5 Å². The SMILES string of the molecule is Cc1ccc(N(c2cnccn2)C(C)C)cc1. The van der Waals surface area contributed by atoms with Gasteiger partial charge >= 0.3 is 0 Å². The van der Waals surface area contributed by atoms with Crippen LogP contribution in [0.2, 0.25) is 0 Å². The molecule has 0 saturated carbocycles. The smallest absolute Gasteiger partial charge is 0.151 e. The first kappa shape index (κ1) is 11.6. The van der Waals surface area contributed by atoms with Crippen molar-refractivity contribution in [1.82, 2.24) is 9.97 Å². The molecule has 88 valence electrons. The van der Waals surface area contributed by atoms with Gasteiger partial charge in [0.05, 0.1) is 6.20 Å². The molecule has 3 heteroatoms. The molecule has 0 saturated heterocycles. The van der Waals surface area contributed by atoms with Crippen LogP contribution in [0.5, 0.6) is 0 Å². The Labute approximate surface area is 102 Å². The Kier molecular flexibility index (Phi) is 3.38. The molecule has 3 nitrogen and oxygen atoms in total. The van der Waals surface area contributed by atoms with E-state index in [-0.39, 0.29) is 0 Å². The number of aromatic nitrogens is 2. The molecule has 1 aromatic carbocycles. The number of nitrogens with zero attached hydrogens (tertiary/aromatic N) is 3. The molecule has 2 aromatic rings. The molecule has 0 unspecified atom stereocenters. The average Bonchev–Trinajstić information content (AvgIpc) is 2.33. The molecular weight excluding hydrogens is 210 g/mol.